The standard InChI is InChI=1S/C13H17BrO2/c1-15-12-4-2-3-11(9-12)13(10-14)5-7-16-8-6-13/h2-4,9H,5-8,10H2,1H3. The largest absolute Gasteiger partial charge is 0.497 e. The minimum absolute atomic E-state index is 0.215. The number of halogens is 1. The van der Waals surface area contributed by atoms with Crippen molar-refractivity contribution in [2.24, 2.45) is 0 Å². The van der Waals surface area contributed by atoms with Crippen LogP contribution in [-0.2, 0) is 10.2 Å². The van der Waals surface area contributed by atoms with Gasteiger partial charge in [0.05, 0.1) is 7.11 Å². The third kappa shape index (κ3) is 2.25. The highest BCUT2D eigenvalue weighted by molar-refractivity contribution is 9.09. The van der Waals surface area contributed by atoms with Crippen LogP contribution in [-0.4, -0.2) is 25.7 Å². The van der Waals surface area contributed by atoms with Gasteiger partial charge in [0.25, 0.3) is 0 Å². The van der Waals surface area contributed by atoms with Crippen molar-refractivity contribution in [1.29, 1.82) is 0 Å². The Balaban J connectivity index is 2.31. The fourth-order valence-electron chi connectivity index (χ4n) is 2.21. The van der Waals surface area contributed by atoms with E-state index >= 15 is 0 Å². The van der Waals surface area contributed by atoms with E-state index in [1.54, 1.807) is 7.11 Å². The van der Waals surface area contributed by atoms with Crippen molar-refractivity contribution in [3.05, 3.63) is 29.8 Å². The van der Waals surface area contributed by atoms with Gasteiger partial charge in [0.1, 0.15) is 5.75 Å². The second-order valence-electron chi connectivity index (χ2n) is 4.26. The van der Waals surface area contributed by atoms with Gasteiger partial charge in [0.15, 0.2) is 0 Å². The summed E-state index contributed by atoms with van der Waals surface area (Å²) in [4.78, 5) is 0. The Labute approximate surface area is 105 Å². The molecular formula is C13H17BrO2. The molecule has 0 aliphatic carbocycles. The predicted octanol–water partition coefficient (Wildman–Crippen LogP) is 3.14. The zero-order chi connectivity index (χ0) is 11.4. The van der Waals surface area contributed by atoms with Crippen LogP contribution in [0.15, 0.2) is 24.3 Å². The monoisotopic (exact) mass is 284 g/mol. The normalized spacial score (nSPS) is 19.4. The summed E-state index contributed by atoms with van der Waals surface area (Å²) < 4.78 is 10.7. The summed E-state index contributed by atoms with van der Waals surface area (Å²) in [6.07, 6.45) is 2.15. The van der Waals surface area contributed by atoms with E-state index in [9.17, 15) is 0 Å². The van der Waals surface area contributed by atoms with Gasteiger partial charge in [-0.05, 0) is 30.5 Å². The van der Waals surface area contributed by atoms with Gasteiger partial charge in [-0.1, -0.05) is 28.1 Å². The zero-order valence-corrected chi connectivity index (χ0v) is 11.1. The molecule has 0 amide bonds. The average molecular weight is 285 g/mol. The molecule has 1 fully saturated rings. The molecule has 0 atom stereocenters. The first-order valence-corrected chi connectivity index (χ1v) is 6.71. The number of benzene rings is 1. The molecule has 0 N–H and O–H groups in total. The van der Waals surface area contributed by atoms with Crippen LogP contribution in [0, 0.1) is 0 Å². The number of methoxy groups -OCH3 is 1. The number of alkyl halides is 1. The lowest BCUT2D eigenvalue weighted by atomic mass is 9.76. The van der Waals surface area contributed by atoms with Crippen LogP contribution in [0.3, 0.4) is 0 Å². The minimum atomic E-state index is 0.215. The maximum absolute atomic E-state index is 5.45. The highest BCUT2D eigenvalue weighted by atomic mass is 79.9. The smallest absolute Gasteiger partial charge is 0.119 e. The number of rotatable bonds is 3. The van der Waals surface area contributed by atoms with Gasteiger partial charge in [0, 0.05) is 24.0 Å². The molecule has 2 nitrogen and oxygen atoms in total. The maximum Gasteiger partial charge on any atom is 0.119 e. The van der Waals surface area contributed by atoms with Gasteiger partial charge in [-0.2, -0.15) is 0 Å². The van der Waals surface area contributed by atoms with Crippen LogP contribution in [0.1, 0.15) is 18.4 Å². The molecule has 1 saturated heterocycles. The van der Waals surface area contributed by atoms with Gasteiger partial charge in [-0.3, -0.25) is 0 Å². The molecule has 3 heteroatoms. The first-order chi connectivity index (χ1) is 7.80. The lowest BCUT2D eigenvalue weighted by molar-refractivity contribution is 0.0583. The molecule has 1 aliphatic rings. The van der Waals surface area contributed by atoms with E-state index in [4.69, 9.17) is 9.47 Å². The number of ether oxygens (including phenoxy) is 2. The van der Waals surface area contributed by atoms with Crippen LogP contribution in [0.2, 0.25) is 0 Å². The van der Waals surface area contributed by atoms with Crippen molar-refractivity contribution < 1.29 is 9.47 Å². The molecule has 0 radical (unpaired) electrons. The highest BCUT2D eigenvalue weighted by Gasteiger charge is 2.33. The first kappa shape index (κ1) is 11.9. The quantitative estimate of drug-likeness (QED) is 0.794. The Morgan fingerprint density at radius 1 is 1.38 bits per heavy atom. The number of hydrogen-bond donors (Lipinski definition) is 0. The average Bonchev–Trinajstić information content (AvgIpc) is 2.39. The molecule has 2 rings (SSSR count). The van der Waals surface area contributed by atoms with Crippen molar-refractivity contribution in [1.82, 2.24) is 0 Å². The first-order valence-electron chi connectivity index (χ1n) is 5.59. The van der Waals surface area contributed by atoms with E-state index < -0.39 is 0 Å². The van der Waals surface area contributed by atoms with Crippen molar-refractivity contribution in [3.63, 3.8) is 0 Å². The van der Waals surface area contributed by atoms with Crippen molar-refractivity contribution in [2.45, 2.75) is 18.3 Å². The molecule has 0 aromatic heterocycles. The van der Waals surface area contributed by atoms with Crippen molar-refractivity contribution >= 4 is 15.9 Å². The summed E-state index contributed by atoms with van der Waals surface area (Å²) in [6, 6.07) is 8.39. The molecule has 1 aromatic rings. The Morgan fingerprint density at radius 2 is 2.12 bits per heavy atom. The Hall–Kier alpha value is -0.540. The Kier molecular flexibility index (Phi) is 3.87. The maximum atomic E-state index is 5.45. The zero-order valence-electron chi connectivity index (χ0n) is 9.54. The lowest BCUT2D eigenvalue weighted by Crippen LogP contribution is -2.35. The minimum Gasteiger partial charge on any atom is -0.497 e. The molecule has 1 aliphatic heterocycles. The van der Waals surface area contributed by atoms with Crippen molar-refractivity contribution in [3.8, 4) is 5.75 Å². The third-order valence-electron chi connectivity index (χ3n) is 3.39. The van der Waals surface area contributed by atoms with Crippen molar-refractivity contribution in [2.75, 3.05) is 25.7 Å². The SMILES string of the molecule is COc1cccc(C2(CBr)CCOCC2)c1. The third-order valence-corrected chi connectivity index (χ3v) is 4.46. The summed E-state index contributed by atoms with van der Waals surface area (Å²) >= 11 is 3.65. The van der Waals surface area contributed by atoms with E-state index in [0.29, 0.717) is 0 Å². The van der Waals surface area contributed by atoms with E-state index in [1.165, 1.54) is 5.56 Å². The molecule has 16 heavy (non-hydrogen) atoms. The summed E-state index contributed by atoms with van der Waals surface area (Å²) in [5.74, 6) is 0.935. The Morgan fingerprint density at radius 3 is 2.75 bits per heavy atom. The van der Waals surface area contributed by atoms with Crippen LogP contribution in [0.25, 0.3) is 0 Å². The molecule has 0 bridgehead atoms. The molecule has 1 aromatic carbocycles. The van der Waals surface area contributed by atoms with Gasteiger partial charge in [-0.25, -0.2) is 0 Å². The molecule has 0 spiro atoms. The van der Waals surface area contributed by atoms with Gasteiger partial charge in [0.2, 0.25) is 0 Å². The molecule has 0 saturated carbocycles. The van der Waals surface area contributed by atoms with Gasteiger partial charge in [-0.15, -0.1) is 0 Å². The van der Waals surface area contributed by atoms with Crippen LogP contribution in [0.4, 0.5) is 0 Å². The second kappa shape index (κ2) is 5.19. The fraction of sp³-hybridized carbons (Fsp3) is 0.538. The van der Waals surface area contributed by atoms with E-state index in [0.717, 1.165) is 37.1 Å². The molecule has 1 heterocycles. The van der Waals surface area contributed by atoms with Gasteiger partial charge >= 0.3 is 0 Å². The van der Waals surface area contributed by atoms with Crippen LogP contribution < -0.4 is 4.74 Å². The van der Waals surface area contributed by atoms with Crippen LogP contribution >= 0.6 is 15.9 Å². The summed E-state index contributed by atoms with van der Waals surface area (Å²) in [5.41, 5.74) is 1.57. The Bertz CT molecular complexity index is 346. The van der Waals surface area contributed by atoms with E-state index in [-0.39, 0.29) is 5.41 Å². The molecule has 0 unspecified atom stereocenters. The highest BCUT2D eigenvalue weighted by Crippen LogP contribution is 2.37. The second-order valence-corrected chi connectivity index (χ2v) is 4.82. The molecule has 88 valence electrons. The summed E-state index contributed by atoms with van der Waals surface area (Å²) in [6.45, 7) is 1.70. The topological polar surface area (TPSA) is 18.5 Å². The predicted molar refractivity (Wildman–Crippen MR) is 68.5 cm³/mol. The van der Waals surface area contributed by atoms with E-state index in [1.807, 2.05) is 6.07 Å². The van der Waals surface area contributed by atoms with Crippen LogP contribution in [0.5, 0.6) is 5.75 Å². The number of hydrogen-bond acceptors (Lipinski definition) is 2. The van der Waals surface area contributed by atoms with E-state index in [2.05, 4.69) is 34.1 Å². The summed E-state index contributed by atoms with van der Waals surface area (Å²) in [7, 11) is 1.71. The lowest BCUT2D eigenvalue weighted by Gasteiger charge is -2.36. The molecular weight excluding hydrogens is 268 g/mol. The fourth-order valence-corrected chi connectivity index (χ4v) is 3.10. The summed E-state index contributed by atoms with van der Waals surface area (Å²) in [5, 5.41) is 0.983. The van der Waals surface area contributed by atoms with Gasteiger partial charge < -0.3 is 9.47 Å².